The first-order valence-corrected chi connectivity index (χ1v) is 7.05. The third-order valence-corrected chi connectivity index (χ3v) is 3.89. The van der Waals surface area contributed by atoms with E-state index in [9.17, 15) is 14.9 Å². The summed E-state index contributed by atoms with van der Waals surface area (Å²) in [5, 5.41) is 14.0. The molecule has 1 rings (SSSR count). The minimum absolute atomic E-state index is 0.0808. The van der Waals surface area contributed by atoms with Crippen LogP contribution < -0.4 is 5.32 Å². The molecule has 0 bridgehead atoms. The number of carbonyl (C=O) groups excluding carboxylic acids is 1. The first kappa shape index (κ1) is 16.9. The predicted octanol–water partition coefficient (Wildman–Crippen LogP) is 3.29. The fraction of sp³-hybridized carbons (Fsp3) is 0.533. The van der Waals surface area contributed by atoms with Gasteiger partial charge in [-0.1, -0.05) is 6.92 Å². The maximum atomic E-state index is 12.7. The van der Waals surface area contributed by atoms with Gasteiger partial charge in [0.2, 0.25) is 0 Å². The molecule has 1 aromatic rings. The lowest BCUT2D eigenvalue weighted by Gasteiger charge is -2.35. The summed E-state index contributed by atoms with van der Waals surface area (Å²) < 4.78 is 0. The van der Waals surface area contributed by atoms with Crippen LogP contribution in [0.1, 0.15) is 44.5 Å². The minimum Gasteiger partial charge on any atom is -0.385 e. The van der Waals surface area contributed by atoms with Gasteiger partial charge in [-0.2, -0.15) is 0 Å². The van der Waals surface area contributed by atoms with Crippen molar-refractivity contribution in [2.24, 2.45) is 0 Å². The number of benzene rings is 1. The molecule has 0 heterocycles. The standard InChI is InChI=1S/C15H23N3O3/c1-6-15(3,4)17(5)14(19)12-10-11(18(20)21)8-9-13(12)16-7-2/h8-10,16H,6-7H2,1-5H3. The molecule has 0 saturated heterocycles. The second-order valence-electron chi connectivity index (χ2n) is 5.55. The van der Waals surface area contributed by atoms with Crippen LogP contribution in [-0.4, -0.2) is 34.9 Å². The molecule has 0 saturated carbocycles. The van der Waals surface area contributed by atoms with Crippen LogP contribution >= 0.6 is 0 Å². The summed E-state index contributed by atoms with van der Waals surface area (Å²) in [5.74, 6) is -0.221. The Morgan fingerprint density at radius 1 is 1.38 bits per heavy atom. The average molecular weight is 293 g/mol. The predicted molar refractivity (Wildman–Crippen MR) is 83.7 cm³/mol. The van der Waals surface area contributed by atoms with Crippen molar-refractivity contribution in [3.8, 4) is 0 Å². The first-order chi connectivity index (χ1) is 9.74. The molecule has 0 aromatic heterocycles. The van der Waals surface area contributed by atoms with Crippen molar-refractivity contribution < 1.29 is 9.72 Å². The second kappa shape index (κ2) is 6.56. The Balaban J connectivity index is 3.28. The molecule has 0 aliphatic rings. The number of rotatable bonds is 6. The van der Waals surface area contributed by atoms with Crippen molar-refractivity contribution in [2.75, 3.05) is 18.9 Å². The Labute approximate surface area is 125 Å². The monoisotopic (exact) mass is 293 g/mol. The SMILES string of the molecule is CCNc1ccc([N+](=O)[O-])cc1C(=O)N(C)C(C)(C)CC. The number of hydrogen-bond donors (Lipinski definition) is 1. The summed E-state index contributed by atoms with van der Waals surface area (Å²) in [7, 11) is 1.72. The fourth-order valence-corrected chi connectivity index (χ4v) is 1.86. The van der Waals surface area contributed by atoms with E-state index in [2.05, 4.69) is 5.32 Å². The number of amides is 1. The normalized spacial score (nSPS) is 11.1. The lowest BCUT2D eigenvalue weighted by Crippen LogP contribution is -2.44. The second-order valence-corrected chi connectivity index (χ2v) is 5.55. The molecule has 6 nitrogen and oxygen atoms in total. The van der Waals surface area contributed by atoms with Gasteiger partial charge >= 0.3 is 0 Å². The van der Waals surface area contributed by atoms with Crippen LogP contribution in [0.15, 0.2) is 18.2 Å². The summed E-state index contributed by atoms with van der Waals surface area (Å²) in [6, 6.07) is 4.32. The van der Waals surface area contributed by atoms with Crippen LogP contribution in [0.5, 0.6) is 0 Å². The van der Waals surface area contributed by atoms with Crippen LogP contribution in [0.3, 0.4) is 0 Å². The lowest BCUT2D eigenvalue weighted by atomic mass is 9.98. The number of nitrogens with zero attached hydrogens (tertiary/aromatic N) is 2. The third kappa shape index (κ3) is 3.71. The van der Waals surface area contributed by atoms with Gasteiger partial charge in [-0.25, -0.2) is 0 Å². The van der Waals surface area contributed by atoms with Crippen LogP contribution in [0, 0.1) is 10.1 Å². The minimum atomic E-state index is -0.489. The molecule has 1 aromatic carbocycles. The number of non-ortho nitro benzene ring substituents is 1. The van der Waals surface area contributed by atoms with Crippen molar-refractivity contribution >= 4 is 17.3 Å². The quantitative estimate of drug-likeness (QED) is 0.645. The van der Waals surface area contributed by atoms with E-state index in [0.29, 0.717) is 17.8 Å². The Morgan fingerprint density at radius 2 is 2.00 bits per heavy atom. The van der Waals surface area contributed by atoms with Crippen LogP contribution in [0.2, 0.25) is 0 Å². The Morgan fingerprint density at radius 3 is 2.48 bits per heavy atom. The van der Waals surface area contributed by atoms with Crippen molar-refractivity contribution in [2.45, 2.75) is 39.7 Å². The zero-order valence-corrected chi connectivity index (χ0v) is 13.3. The van der Waals surface area contributed by atoms with Crippen molar-refractivity contribution in [1.29, 1.82) is 0 Å². The molecule has 21 heavy (non-hydrogen) atoms. The molecule has 6 heteroatoms. The number of nitro benzene ring substituents is 1. The van der Waals surface area contributed by atoms with Gasteiger partial charge in [0.15, 0.2) is 0 Å². The fourth-order valence-electron chi connectivity index (χ4n) is 1.86. The van der Waals surface area contributed by atoms with Crippen molar-refractivity contribution in [1.82, 2.24) is 4.90 Å². The number of anilines is 1. The van der Waals surface area contributed by atoms with Gasteiger partial charge in [0.05, 0.1) is 10.5 Å². The molecule has 0 spiro atoms. The van der Waals surface area contributed by atoms with E-state index < -0.39 is 4.92 Å². The molecular weight excluding hydrogens is 270 g/mol. The van der Waals surface area contributed by atoms with E-state index in [1.807, 2.05) is 27.7 Å². The number of carbonyl (C=O) groups is 1. The van der Waals surface area contributed by atoms with Crippen LogP contribution in [0.25, 0.3) is 0 Å². The summed E-state index contributed by atoms with van der Waals surface area (Å²) >= 11 is 0. The van der Waals surface area contributed by atoms with Gasteiger partial charge < -0.3 is 10.2 Å². The van der Waals surface area contributed by atoms with E-state index in [4.69, 9.17) is 0 Å². The Kier molecular flexibility index (Phi) is 5.29. The van der Waals surface area contributed by atoms with Gasteiger partial charge in [0.25, 0.3) is 11.6 Å². The Bertz CT molecular complexity index is 541. The van der Waals surface area contributed by atoms with E-state index in [1.165, 1.54) is 12.1 Å². The smallest absolute Gasteiger partial charge is 0.270 e. The van der Waals surface area contributed by atoms with Crippen LogP contribution in [-0.2, 0) is 0 Å². The molecule has 1 N–H and O–H groups in total. The molecule has 0 unspecified atom stereocenters. The zero-order chi connectivity index (χ0) is 16.2. The van der Waals surface area contributed by atoms with Gasteiger partial charge in [0.1, 0.15) is 0 Å². The molecule has 0 aliphatic carbocycles. The number of nitro groups is 1. The van der Waals surface area contributed by atoms with E-state index in [-0.39, 0.29) is 17.1 Å². The Hall–Kier alpha value is -2.11. The molecule has 116 valence electrons. The average Bonchev–Trinajstić information content (AvgIpc) is 2.46. The van der Waals surface area contributed by atoms with Gasteiger partial charge in [-0.3, -0.25) is 14.9 Å². The maximum Gasteiger partial charge on any atom is 0.270 e. The van der Waals surface area contributed by atoms with Gasteiger partial charge in [-0.05, 0) is 33.3 Å². The topological polar surface area (TPSA) is 75.5 Å². The molecule has 1 amide bonds. The van der Waals surface area contributed by atoms with Gasteiger partial charge in [0, 0.05) is 37.0 Å². The van der Waals surface area contributed by atoms with Gasteiger partial charge in [-0.15, -0.1) is 0 Å². The molecule has 0 radical (unpaired) electrons. The van der Waals surface area contributed by atoms with Crippen molar-refractivity contribution in [3.05, 3.63) is 33.9 Å². The highest BCUT2D eigenvalue weighted by molar-refractivity contribution is 6.00. The third-order valence-electron chi connectivity index (χ3n) is 3.89. The molecule has 0 fully saturated rings. The summed E-state index contributed by atoms with van der Waals surface area (Å²) in [5.41, 5.74) is 0.551. The highest BCUT2D eigenvalue weighted by Gasteiger charge is 2.28. The first-order valence-electron chi connectivity index (χ1n) is 7.05. The summed E-state index contributed by atoms with van der Waals surface area (Å²) in [6.07, 6.45) is 0.792. The largest absolute Gasteiger partial charge is 0.385 e. The highest BCUT2D eigenvalue weighted by atomic mass is 16.6. The molecule has 0 aliphatic heterocycles. The lowest BCUT2D eigenvalue weighted by molar-refractivity contribution is -0.384. The van der Waals surface area contributed by atoms with E-state index in [1.54, 1.807) is 18.0 Å². The zero-order valence-electron chi connectivity index (χ0n) is 13.3. The van der Waals surface area contributed by atoms with Crippen molar-refractivity contribution in [3.63, 3.8) is 0 Å². The summed E-state index contributed by atoms with van der Waals surface area (Å²) in [6.45, 7) is 8.49. The maximum absolute atomic E-state index is 12.7. The number of nitrogens with one attached hydrogen (secondary N) is 1. The molecule has 0 atom stereocenters. The summed E-state index contributed by atoms with van der Waals surface area (Å²) in [4.78, 5) is 24.8. The van der Waals surface area contributed by atoms with Crippen LogP contribution in [0.4, 0.5) is 11.4 Å². The molecular formula is C15H23N3O3. The highest BCUT2D eigenvalue weighted by Crippen LogP contribution is 2.26. The number of hydrogen-bond acceptors (Lipinski definition) is 4. The van der Waals surface area contributed by atoms with E-state index in [0.717, 1.165) is 6.42 Å². The van der Waals surface area contributed by atoms with E-state index >= 15 is 0 Å².